The molecule has 0 aliphatic heterocycles. The van der Waals surface area contributed by atoms with Gasteiger partial charge in [-0.2, -0.15) is 11.8 Å². The van der Waals surface area contributed by atoms with Crippen LogP contribution in [0.15, 0.2) is 5.38 Å². The molecular weight excluding hydrogens is 214 g/mol. The summed E-state index contributed by atoms with van der Waals surface area (Å²) in [5, 5.41) is 12.7. The summed E-state index contributed by atoms with van der Waals surface area (Å²) < 4.78 is 0. The van der Waals surface area contributed by atoms with Crippen molar-refractivity contribution in [3.05, 3.63) is 10.4 Å². The lowest BCUT2D eigenvalue weighted by Gasteiger charge is -2.20. The van der Waals surface area contributed by atoms with Crippen molar-refractivity contribution in [1.29, 1.82) is 0 Å². The van der Waals surface area contributed by atoms with Gasteiger partial charge in [-0.3, -0.25) is 0 Å². The summed E-state index contributed by atoms with van der Waals surface area (Å²) in [6, 6.07) is 0. The molecule has 0 unspecified atom stereocenters. The number of rotatable bonds is 3. The maximum atomic E-state index is 9.08. The number of hydrogen-bond acceptors (Lipinski definition) is 4. The lowest BCUT2D eigenvalue weighted by Crippen LogP contribution is -2.07. The fraction of sp³-hybridized carbons (Fsp3) is 0.700. The molecule has 14 heavy (non-hydrogen) atoms. The highest BCUT2D eigenvalue weighted by Crippen LogP contribution is 2.31. The van der Waals surface area contributed by atoms with Crippen LogP contribution in [0, 0.1) is 0 Å². The van der Waals surface area contributed by atoms with Gasteiger partial charge in [-0.25, -0.2) is 4.98 Å². The van der Waals surface area contributed by atoms with Crippen LogP contribution in [-0.4, -0.2) is 15.3 Å². The molecule has 0 radical (unpaired) electrons. The Morgan fingerprint density at radius 1 is 1.43 bits per heavy atom. The van der Waals surface area contributed by atoms with Gasteiger partial charge < -0.3 is 5.11 Å². The maximum Gasteiger partial charge on any atom is 0.222 e. The summed E-state index contributed by atoms with van der Waals surface area (Å²) in [5.74, 6) is 1.14. The standard InChI is InChI=1S/C10H15NOS2/c12-9-6-14-10(11-9)7-13-8-4-2-1-3-5-8/h6,8,12H,1-5,7H2. The van der Waals surface area contributed by atoms with Crippen LogP contribution in [0.5, 0.6) is 5.88 Å². The van der Waals surface area contributed by atoms with Gasteiger partial charge in [0.05, 0.1) is 5.38 Å². The van der Waals surface area contributed by atoms with E-state index in [2.05, 4.69) is 4.98 Å². The first-order chi connectivity index (χ1) is 6.84. The van der Waals surface area contributed by atoms with Gasteiger partial charge in [-0.1, -0.05) is 19.3 Å². The summed E-state index contributed by atoms with van der Waals surface area (Å²) in [7, 11) is 0. The first kappa shape index (κ1) is 10.3. The van der Waals surface area contributed by atoms with Gasteiger partial charge in [-0.15, -0.1) is 11.3 Å². The molecule has 0 saturated heterocycles. The van der Waals surface area contributed by atoms with Crippen LogP contribution in [0.1, 0.15) is 37.1 Å². The molecule has 0 bridgehead atoms. The van der Waals surface area contributed by atoms with E-state index in [9.17, 15) is 0 Å². The second-order valence-corrected chi connectivity index (χ2v) is 5.90. The van der Waals surface area contributed by atoms with E-state index in [0.29, 0.717) is 0 Å². The zero-order valence-electron chi connectivity index (χ0n) is 8.11. The van der Waals surface area contributed by atoms with Gasteiger partial charge in [0.15, 0.2) is 0 Å². The zero-order chi connectivity index (χ0) is 9.80. The van der Waals surface area contributed by atoms with E-state index < -0.39 is 0 Å². The SMILES string of the molecule is Oc1csc(CSC2CCCCC2)n1. The quantitative estimate of drug-likeness (QED) is 0.862. The van der Waals surface area contributed by atoms with Crippen LogP contribution in [0.3, 0.4) is 0 Å². The summed E-state index contributed by atoms with van der Waals surface area (Å²) in [6.45, 7) is 0. The number of thioether (sulfide) groups is 1. The molecule has 1 aliphatic rings. The van der Waals surface area contributed by atoms with Gasteiger partial charge in [-0.05, 0) is 12.8 Å². The zero-order valence-corrected chi connectivity index (χ0v) is 9.74. The average molecular weight is 229 g/mol. The van der Waals surface area contributed by atoms with Crippen LogP contribution >= 0.6 is 23.1 Å². The average Bonchev–Trinajstić information content (AvgIpc) is 2.63. The highest BCUT2D eigenvalue weighted by molar-refractivity contribution is 7.99. The van der Waals surface area contributed by atoms with E-state index >= 15 is 0 Å². The Bertz CT molecular complexity index is 281. The van der Waals surface area contributed by atoms with Gasteiger partial charge >= 0.3 is 0 Å². The van der Waals surface area contributed by atoms with Gasteiger partial charge in [0.1, 0.15) is 5.01 Å². The number of nitrogens with zero attached hydrogens (tertiary/aromatic N) is 1. The van der Waals surface area contributed by atoms with Crippen LogP contribution in [0.2, 0.25) is 0 Å². The molecule has 1 aliphatic carbocycles. The van der Waals surface area contributed by atoms with E-state index in [-0.39, 0.29) is 5.88 Å². The normalized spacial score (nSPS) is 18.6. The fourth-order valence-corrected chi connectivity index (χ4v) is 3.81. The first-order valence-corrected chi connectivity index (χ1v) is 7.02. The molecule has 4 heteroatoms. The van der Waals surface area contributed by atoms with Crippen LogP contribution in [-0.2, 0) is 5.75 Å². The second kappa shape index (κ2) is 5.03. The Morgan fingerprint density at radius 2 is 2.21 bits per heavy atom. The Balaban J connectivity index is 1.76. The molecule has 1 aromatic rings. The molecule has 0 spiro atoms. The molecule has 2 nitrogen and oxygen atoms in total. The van der Waals surface area contributed by atoms with E-state index in [1.54, 1.807) is 16.7 Å². The lowest BCUT2D eigenvalue weighted by molar-refractivity contribution is 0.456. The Labute approximate surface area is 92.8 Å². The molecule has 1 aromatic heterocycles. The second-order valence-electron chi connectivity index (χ2n) is 3.67. The Morgan fingerprint density at radius 3 is 2.86 bits per heavy atom. The van der Waals surface area contributed by atoms with Crippen molar-refractivity contribution in [2.24, 2.45) is 0 Å². The molecule has 1 saturated carbocycles. The number of aromatic hydroxyl groups is 1. The topological polar surface area (TPSA) is 33.1 Å². The Hall–Kier alpha value is -0.220. The third-order valence-corrected chi connectivity index (χ3v) is 4.94. The highest BCUT2D eigenvalue weighted by Gasteiger charge is 2.14. The molecule has 0 aromatic carbocycles. The minimum atomic E-state index is 0.175. The molecule has 78 valence electrons. The van der Waals surface area contributed by atoms with Gasteiger partial charge in [0.25, 0.3) is 0 Å². The summed E-state index contributed by atoms with van der Waals surface area (Å²) in [5.41, 5.74) is 0. The van der Waals surface area contributed by atoms with Gasteiger partial charge in [0.2, 0.25) is 5.88 Å². The van der Waals surface area contributed by atoms with E-state index in [1.807, 2.05) is 11.8 Å². The van der Waals surface area contributed by atoms with Crippen molar-refractivity contribution < 1.29 is 5.11 Å². The van der Waals surface area contributed by atoms with Crippen molar-refractivity contribution >= 4 is 23.1 Å². The summed E-state index contributed by atoms with van der Waals surface area (Å²) in [4.78, 5) is 4.05. The van der Waals surface area contributed by atoms with E-state index in [1.165, 1.54) is 32.1 Å². The van der Waals surface area contributed by atoms with Crippen molar-refractivity contribution in [3.63, 3.8) is 0 Å². The third kappa shape index (κ3) is 2.89. The smallest absolute Gasteiger partial charge is 0.222 e. The highest BCUT2D eigenvalue weighted by atomic mass is 32.2. The van der Waals surface area contributed by atoms with Crippen LogP contribution in [0.25, 0.3) is 0 Å². The molecule has 0 amide bonds. The van der Waals surface area contributed by atoms with E-state index in [4.69, 9.17) is 5.11 Å². The molecule has 0 atom stereocenters. The van der Waals surface area contributed by atoms with E-state index in [0.717, 1.165) is 16.0 Å². The monoisotopic (exact) mass is 229 g/mol. The van der Waals surface area contributed by atoms with Gasteiger partial charge in [0, 0.05) is 11.0 Å². The molecule has 1 fully saturated rings. The number of aromatic nitrogens is 1. The number of thiazole rings is 1. The van der Waals surface area contributed by atoms with Crippen molar-refractivity contribution in [1.82, 2.24) is 4.98 Å². The number of hydrogen-bond donors (Lipinski definition) is 1. The summed E-state index contributed by atoms with van der Waals surface area (Å²) in [6.07, 6.45) is 6.92. The van der Waals surface area contributed by atoms with Crippen molar-refractivity contribution in [3.8, 4) is 5.88 Å². The van der Waals surface area contributed by atoms with Crippen molar-refractivity contribution in [2.45, 2.75) is 43.1 Å². The largest absolute Gasteiger partial charge is 0.493 e. The minimum absolute atomic E-state index is 0.175. The third-order valence-electron chi connectivity index (χ3n) is 2.53. The molecule has 1 heterocycles. The molecule has 2 rings (SSSR count). The Kier molecular flexibility index (Phi) is 3.70. The molecular formula is C10H15NOS2. The maximum absolute atomic E-state index is 9.08. The first-order valence-electron chi connectivity index (χ1n) is 5.09. The summed E-state index contributed by atoms with van der Waals surface area (Å²) >= 11 is 3.56. The lowest BCUT2D eigenvalue weighted by atomic mass is 10.0. The minimum Gasteiger partial charge on any atom is -0.493 e. The van der Waals surface area contributed by atoms with Crippen LogP contribution in [0.4, 0.5) is 0 Å². The predicted molar refractivity (Wildman–Crippen MR) is 61.9 cm³/mol. The van der Waals surface area contributed by atoms with Crippen LogP contribution < -0.4 is 0 Å². The van der Waals surface area contributed by atoms with Crippen molar-refractivity contribution in [2.75, 3.05) is 0 Å². The molecule has 1 N–H and O–H groups in total. The fourth-order valence-electron chi connectivity index (χ4n) is 1.79. The predicted octanol–water partition coefficient (Wildman–Crippen LogP) is 3.41.